The van der Waals surface area contributed by atoms with Crippen molar-refractivity contribution in [1.82, 2.24) is 0 Å². The summed E-state index contributed by atoms with van der Waals surface area (Å²) in [7, 11) is 0. The quantitative estimate of drug-likeness (QED) is 0.648. The molecule has 1 N–H and O–H groups in total. The highest BCUT2D eigenvalue weighted by Gasteiger charge is 1.69. The van der Waals surface area contributed by atoms with Crippen molar-refractivity contribution in [2.24, 2.45) is 0 Å². The van der Waals surface area contributed by atoms with Gasteiger partial charge in [0, 0.05) is 6.10 Å². The number of carbonyl (C=O) groups excluding carboxylic acids is 2. The Kier molecular flexibility index (Phi) is 388. The fraction of sp³-hybridized carbons (Fsp3) is 0.846. The topological polar surface area (TPSA) is 54.4 Å². The Morgan fingerprint density at radius 1 is 0.812 bits per heavy atom. The molecule has 0 unspecified atom stereocenters. The molecule has 3 nitrogen and oxygen atoms in total. The predicted octanol–water partition coefficient (Wildman–Crippen LogP) is 4.12. The average Bonchev–Trinajstić information content (AvgIpc) is 2.12. The lowest BCUT2D eigenvalue weighted by molar-refractivity contribution is -0.106. The minimum absolute atomic E-state index is 0. The Bertz CT molecular complexity index is 53.4. The first-order valence-electron chi connectivity index (χ1n) is 5.04. The first-order valence-corrected chi connectivity index (χ1v) is 5.04. The third-order valence-corrected chi connectivity index (χ3v) is 0. The van der Waals surface area contributed by atoms with Gasteiger partial charge >= 0.3 is 0 Å². The molecule has 0 aromatic heterocycles. The third kappa shape index (κ3) is 4110. The highest BCUT2D eigenvalue weighted by Crippen LogP contribution is 1.65. The van der Waals surface area contributed by atoms with E-state index < -0.39 is 0 Å². The number of carbonyl (C=O) groups is 2. The van der Waals surface area contributed by atoms with Gasteiger partial charge in [0.2, 0.25) is 0 Å². The summed E-state index contributed by atoms with van der Waals surface area (Å²) in [5.74, 6) is 0. The molecule has 3 heteroatoms. The zero-order valence-electron chi connectivity index (χ0n) is 11.0. The van der Waals surface area contributed by atoms with Crippen LogP contribution in [0, 0.1) is 0 Å². The van der Waals surface area contributed by atoms with E-state index in [1.165, 1.54) is 13.8 Å². The second-order valence-corrected chi connectivity index (χ2v) is 1.57. The summed E-state index contributed by atoms with van der Waals surface area (Å²) >= 11 is 0. The van der Waals surface area contributed by atoms with Crippen molar-refractivity contribution in [3.05, 3.63) is 0 Å². The summed E-state index contributed by atoms with van der Waals surface area (Å²) in [6.07, 6.45) is 1.33. The van der Waals surface area contributed by atoms with E-state index >= 15 is 0 Å². The molecule has 0 radical (unpaired) electrons. The largest absolute Gasteiger partial charge is 0.394 e. The molecule has 0 aromatic rings. The number of aliphatic hydroxyl groups is 1. The lowest BCUT2D eigenvalue weighted by Crippen LogP contribution is -1.85. The molecular weight excluding hydrogens is 204 g/mol. The smallest absolute Gasteiger partial charge is 0.116 e. The molecular formula is C13H36O3. The first-order chi connectivity index (χ1) is 6.56. The van der Waals surface area contributed by atoms with E-state index in [-0.39, 0.29) is 21.0 Å². The summed E-state index contributed by atoms with van der Waals surface area (Å²) < 4.78 is 0. The molecule has 0 aromatic carbocycles. The lowest BCUT2D eigenvalue weighted by atomic mass is 10.5. The molecule has 0 aliphatic carbocycles. The van der Waals surface area contributed by atoms with Gasteiger partial charge in [-0.1, -0.05) is 42.5 Å². The van der Waals surface area contributed by atoms with Gasteiger partial charge < -0.3 is 14.7 Å². The number of aldehydes is 2. The van der Waals surface area contributed by atoms with Crippen LogP contribution in [0.1, 0.15) is 70.2 Å². The highest BCUT2D eigenvalue weighted by atomic mass is 16.3. The van der Waals surface area contributed by atoms with Gasteiger partial charge in [-0.15, -0.1) is 0 Å². The van der Waals surface area contributed by atoms with Crippen molar-refractivity contribution < 1.29 is 14.7 Å². The standard InChI is InChI=1S/C3H8O.2C2H4O.2C2H6.2CH4/c1-3(2)4;2*1-2-3;2*1-2;;/h3-4H,1-2H3;2*2H,1H3;2*1-2H3;2*1H4. The van der Waals surface area contributed by atoms with E-state index in [0.717, 1.165) is 12.6 Å². The fourth-order valence-electron chi connectivity index (χ4n) is 0. The van der Waals surface area contributed by atoms with Gasteiger partial charge in [-0.3, -0.25) is 0 Å². The Hall–Kier alpha value is -0.700. The molecule has 0 aliphatic rings. The number of hydrogen-bond donors (Lipinski definition) is 1. The minimum atomic E-state index is -0.167. The highest BCUT2D eigenvalue weighted by molar-refractivity contribution is 5.44. The summed E-state index contributed by atoms with van der Waals surface area (Å²) in [5, 5.41) is 8.06. The van der Waals surface area contributed by atoms with Gasteiger partial charge in [0.15, 0.2) is 0 Å². The summed E-state index contributed by atoms with van der Waals surface area (Å²) in [6, 6.07) is 0. The molecule has 106 valence electrons. The van der Waals surface area contributed by atoms with Crippen LogP contribution in [-0.2, 0) is 9.59 Å². The second kappa shape index (κ2) is 137. The lowest BCUT2D eigenvalue weighted by Gasteiger charge is -1.80. The molecule has 0 heterocycles. The molecule has 0 aliphatic heterocycles. The maximum Gasteiger partial charge on any atom is 0.116 e. The Balaban J connectivity index is -0.0000000126. The molecule has 0 bridgehead atoms. The van der Waals surface area contributed by atoms with Crippen LogP contribution in [0.15, 0.2) is 0 Å². The number of hydrogen-bond acceptors (Lipinski definition) is 3. The zero-order valence-corrected chi connectivity index (χ0v) is 11.0. The van der Waals surface area contributed by atoms with E-state index in [9.17, 15) is 0 Å². The third-order valence-electron chi connectivity index (χ3n) is 0. The molecule has 0 saturated carbocycles. The molecule has 0 atom stereocenters. The molecule has 0 fully saturated rings. The van der Waals surface area contributed by atoms with Gasteiger partial charge in [-0.05, 0) is 27.7 Å². The predicted molar refractivity (Wildman–Crippen MR) is 77.0 cm³/mol. The Morgan fingerprint density at radius 2 is 0.812 bits per heavy atom. The van der Waals surface area contributed by atoms with Crippen LogP contribution in [0.25, 0.3) is 0 Å². The monoisotopic (exact) mass is 240 g/mol. The molecule has 0 rings (SSSR count). The molecule has 16 heavy (non-hydrogen) atoms. The summed E-state index contributed by atoms with van der Waals surface area (Å²) in [6.45, 7) is 14.3. The van der Waals surface area contributed by atoms with Gasteiger partial charge in [-0.2, -0.15) is 0 Å². The molecule has 0 saturated heterocycles. The van der Waals surface area contributed by atoms with Crippen LogP contribution in [0.4, 0.5) is 0 Å². The van der Waals surface area contributed by atoms with Crippen molar-refractivity contribution in [2.45, 2.75) is 76.3 Å². The van der Waals surface area contributed by atoms with Crippen molar-refractivity contribution in [2.75, 3.05) is 0 Å². The van der Waals surface area contributed by atoms with Crippen LogP contribution >= 0.6 is 0 Å². The summed E-state index contributed by atoms with van der Waals surface area (Å²) in [5.41, 5.74) is 0. The molecule has 0 amide bonds. The van der Waals surface area contributed by atoms with Gasteiger partial charge in [0.25, 0.3) is 0 Å². The van der Waals surface area contributed by atoms with Gasteiger partial charge in [0.05, 0.1) is 0 Å². The van der Waals surface area contributed by atoms with E-state index in [4.69, 9.17) is 14.7 Å². The average molecular weight is 240 g/mol. The zero-order chi connectivity index (χ0) is 13.0. The summed E-state index contributed by atoms with van der Waals surface area (Å²) in [4.78, 5) is 17.6. The van der Waals surface area contributed by atoms with Crippen molar-refractivity contribution >= 4 is 12.6 Å². The van der Waals surface area contributed by atoms with E-state index in [1.54, 1.807) is 13.8 Å². The fourth-order valence-corrected chi connectivity index (χ4v) is 0. The second-order valence-electron chi connectivity index (χ2n) is 1.57. The van der Waals surface area contributed by atoms with Gasteiger partial charge in [0.1, 0.15) is 12.6 Å². The van der Waals surface area contributed by atoms with Crippen molar-refractivity contribution in [1.29, 1.82) is 0 Å². The molecule has 0 spiro atoms. The van der Waals surface area contributed by atoms with Crippen LogP contribution in [0.5, 0.6) is 0 Å². The maximum atomic E-state index is 8.81. The minimum Gasteiger partial charge on any atom is -0.394 e. The first kappa shape index (κ1) is 45.4. The van der Waals surface area contributed by atoms with Crippen molar-refractivity contribution in [3.8, 4) is 0 Å². The van der Waals surface area contributed by atoms with Crippen LogP contribution in [-0.4, -0.2) is 23.8 Å². The normalized spacial score (nSPS) is 4.62. The van der Waals surface area contributed by atoms with Crippen LogP contribution in [0.3, 0.4) is 0 Å². The van der Waals surface area contributed by atoms with Gasteiger partial charge in [-0.25, -0.2) is 0 Å². The van der Waals surface area contributed by atoms with Crippen LogP contribution in [0.2, 0.25) is 0 Å². The Labute approximate surface area is 104 Å². The van der Waals surface area contributed by atoms with Crippen molar-refractivity contribution in [3.63, 3.8) is 0 Å². The Morgan fingerprint density at radius 3 is 0.812 bits per heavy atom. The maximum absolute atomic E-state index is 8.81. The van der Waals surface area contributed by atoms with Crippen LogP contribution < -0.4 is 0 Å². The van der Waals surface area contributed by atoms with E-state index in [0.29, 0.717) is 0 Å². The number of aliphatic hydroxyl groups excluding tert-OH is 1. The SMILES string of the molecule is C.C.CC.CC.CC(C)O.CC=O.CC=O. The van der Waals surface area contributed by atoms with E-state index in [1.807, 2.05) is 27.7 Å². The number of rotatable bonds is 0. The van der Waals surface area contributed by atoms with E-state index in [2.05, 4.69) is 0 Å².